The summed E-state index contributed by atoms with van der Waals surface area (Å²) in [5, 5.41) is 13.6. The van der Waals surface area contributed by atoms with Crippen LogP contribution in [0.15, 0.2) is 36.4 Å². The van der Waals surface area contributed by atoms with Crippen molar-refractivity contribution >= 4 is 10.8 Å². The second-order valence-corrected chi connectivity index (χ2v) is 6.92. The van der Waals surface area contributed by atoms with Crippen LogP contribution in [0.1, 0.15) is 31.2 Å². The van der Waals surface area contributed by atoms with Gasteiger partial charge in [-0.3, -0.25) is 0 Å². The first-order valence-corrected chi connectivity index (χ1v) is 8.12. The monoisotopic (exact) mass is 297 g/mol. The third-order valence-electron chi connectivity index (χ3n) is 5.72. The molecule has 2 bridgehead atoms. The van der Waals surface area contributed by atoms with E-state index < -0.39 is 5.60 Å². The molecule has 22 heavy (non-hydrogen) atoms. The zero-order chi connectivity index (χ0) is 15.3. The van der Waals surface area contributed by atoms with Crippen molar-refractivity contribution in [2.24, 2.45) is 0 Å². The summed E-state index contributed by atoms with van der Waals surface area (Å²) in [5.74, 6) is 0.872. The molecule has 3 nitrogen and oxygen atoms in total. The van der Waals surface area contributed by atoms with Crippen LogP contribution in [0.5, 0.6) is 5.75 Å². The van der Waals surface area contributed by atoms with Crippen LogP contribution in [0.2, 0.25) is 0 Å². The van der Waals surface area contributed by atoms with Gasteiger partial charge in [-0.2, -0.15) is 0 Å². The quantitative estimate of drug-likeness (QED) is 0.923. The summed E-state index contributed by atoms with van der Waals surface area (Å²) in [5.41, 5.74) is 0.391. The molecule has 0 aliphatic carbocycles. The van der Waals surface area contributed by atoms with Gasteiger partial charge in [0, 0.05) is 12.1 Å². The molecule has 0 amide bonds. The van der Waals surface area contributed by atoms with E-state index in [1.165, 1.54) is 12.8 Å². The van der Waals surface area contributed by atoms with Crippen LogP contribution in [0.25, 0.3) is 10.8 Å². The van der Waals surface area contributed by atoms with Crippen molar-refractivity contribution in [2.45, 2.75) is 43.4 Å². The number of rotatable bonds is 2. The molecule has 2 aromatic carbocycles. The van der Waals surface area contributed by atoms with Gasteiger partial charge in [0.15, 0.2) is 0 Å². The molecule has 2 heterocycles. The summed E-state index contributed by atoms with van der Waals surface area (Å²) in [6.07, 6.45) is 4.13. The van der Waals surface area contributed by atoms with Crippen LogP contribution < -0.4 is 4.74 Å². The average molecular weight is 297 g/mol. The van der Waals surface area contributed by atoms with E-state index in [0.29, 0.717) is 12.1 Å². The van der Waals surface area contributed by atoms with Gasteiger partial charge >= 0.3 is 0 Å². The summed E-state index contributed by atoms with van der Waals surface area (Å²) in [4.78, 5) is 2.46. The number of aliphatic hydroxyl groups is 1. The molecule has 1 unspecified atom stereocenters. The van der Waals surface area contributed by atoms with Crippen molar-refractivity contribution in [3.05, 3.63) is 42.0 Å². The molecule has 2 aliphatic heterocycles. The lowest BCUT2D eigenvalue weighted by molar-refractivity contribution is -0.0492. The number of methoxy groups -OCH3 is 1. The van der Waals surface area contributed by atoms with Crippen LogP contribution in [0.4, 0.5) is 0 Å². The largest absolute Gasteiger partial charge is 0.497 e. The van der Waals surface area contributed by atoms with E-state index >= 15 is 0 Å². The zero-order valence-corrected chi connectivity index (χ0v) is 13.2. The van der Waals surface area contributed by atoms with Crippen molar-refractivity contribution in [3.63, 3.8) is 0 Å². The van der Waals surface area contributed by atoms with E-state index in [1.807, 2.05) is 12.1 Å². The lowest BCUT2D eigenvalue weighted by Crippen LogP contribution is -2.47. The zero-order valence-electron chi connectivity index (χ0n) is 13.2. The van der Waals surface area contributed by atoms with Crippen molar-refractivity contribution in [2.75, 3.05) is 14.2 Å². The van der Waals surface area contributed by atoms with Gasteiger partial charge < -0.3 is 14.7 Å². The fourth-order valence-electron chi connectivity index (χ4n) is 4.32. The molecule has 2 aliphatic rings. The predicted molar refractivity (Wildman–Crippen MR) is 88.2 cm³/mol. The van der Waals surface area contributed by atoms with E-state index in [-0.39, 0.29) is 0 Å². The maximum absolute atomic E-state index is 11.3. The Kier molecular flexibility index (Phi) is 3.17. The third-order valence-corrected chi connectivity index (χ3v) is 5.72. The predicted octanol–water partition coefficient (Wildman–Crippen LogP) is 3.29. The first kappa shape index (κ1) is 14.0. The summed E-state index contributed by atoms with van der Waals surface area (Å²) in [7, 11) is 3.89. The van der Waals surface area contributed by atoms with Gasteiger partial charge in [0.2, 0.25) is 0 Å². The van der Waals surface area contributed by atoms with Crippen molar-refractivity contribution < 1.29 is 9.84 Å². The van der Waals surface area contributed by atoms with Crippen LogP contribution in [0.3, 0.4) is 0 Å². The minimum Gasteiger partial charge on any atom is -0.497 e. The number of piperidine rings is 1. The summed E-state index contributed by atoms with van der Waals surface area (Å²) < 4.78 is 5.28. The fraction of sp³-hybridized carbons (Fsp3) is 0.474. The normalized spacial score (nSPS) is 31.6. The Morgan fingerprint density at radius 3 is 2.36 bits per heavy atom. The molecular formula is C19H23NO2. The van der Waals surface area contributed by atoms with Crippen molar-refractivity contribution in [1.82, 2.24) is 4.90 Å². The van der Waals surface area contributed by atoms with Gasteiger partial charge in [-0.25, -0.2) is 0 Å². The highest BCUT2D eigenvalue weighted by Gasteiger charge is 2.46. The highest BCUT2D eigenvalue weighted by Crippen LogP contribution is 2.45. The topological polar surface area (TPSA) is 32.7 Å². The lowest BCUT2D eigenvalue weighted by Gasteiger charge is -2.42. The molecular weight excluding hydrogens is 274 g/mol. The first-order chi connectivity index (χ1) is 10.6. The number of ether oxygens (including phenoxy) is 1. The molecule has 2 saturated heterocycles. The molecule has 3 heteroatoms. The van der Waals surface area contributed by atoms with Gasteiger partial charge in [-0.15, -0.1) is 0 Å². The molecule has 4 rings (SSSR count). The van der Waals surface area contributed by atoms with Crippen molar-refractivity contribution in [1.29, 1.82) is 0 Å². The molecule has 0 radical (unpaired) electrons. The molecule has 3 atom stereocenters. The maximum atomic E-state index is 11.3. The smallest absolute Gasteiger partial charge is 0.119 e. The van der Waals surface area contributed by atoms with E-state index in [4.69, 9.17) is 4.74 Å². The van der Waals surface area contributed by atoms with E-state index in [9.17, 15) is 5.11 Å². The van der Waals surface area contributed by atoms with Crippen LogP contribution in [0, 0.1) is 0 Å². The molecule has 116 valence electrons. The maximum Gasteiger partial charge on any atom is 0.119 e. The Balaban J connectivity index is 1.71. The van der Waals surface area contributed by atoms with Gasteiger partial charge in [-0.05, 0) is 67.3 Å². The standard InChI is InChI=1S/C19H23NO2/c1-20-16-6-7-17(20)12-19(21,11-16)15-5-3-14-10-18(22-2)8-4-13(14)9-15/h3-5,8-10,16-17,21H,6-7,11-12H2,1-2H3/t16-,17+,19?. The minimum atomic E-state index is -0.674. The SMILES string of the molecule is COc1ccc2cc(C3(O)C[C@H]4CC[C@@H](C3)N4C)ccc2c1. The number of nitrogens with zero attached hydrogens (tertiary/aromatic N) is 1. The minimum absolute atomic E-state index is 0.523. The van der Waals surface area contributed by atoms with Gasteiger partial charge in [-0.1, -0.05) is 18.2 Å². The number of benzene rings is 2. The van der Waals surface area contributed by atoms with E-state index in [2.05, 4.69) is 36.2 Å². The number of hydrogen-bond donors (Lipinski definition) is 1. The second-order valence-electron chi connectivity index (χ2n) is 6.92. The Morgan fingerprint density at radius 1 is 1.05 bits per heavy atom. The highest BCUT2D eigenvalue weighted by atomic mass is 16.5. The van der Waals surface area contributed by atoms with Crippen LogP contribution >= 0.6 is 0 Å². The van der Waals surface area contributed by atoms with Gasteiger partial charge in [0.25, 0.3) is 0 Å². The second kappa shape index (κ2) is 4.97. The molecule has 2 fully saturated rings. The highest BCUT2D eigenvalue weighted by molar-refractivity contribution is 5.84. The summed E-state index contributed by atoms with van der Waals surface area (Å²) in [6.45, 7) is 0. The number of fused-ring (bicyclic) bond motifs is 3. The van der Waals surface area contributed by atoms with E-state index in [1.54, 1.807) is 7.11 Å². The summed E-state index contributed by atoms with van der Waals surface area (Å²) >= 11 is 0. The Bertz CT molecular complexity index is 698. The fourth-order valence-corrected chi connectivity index (χ4v) is 4.32. The van der Waals surface area contributed by atoms with Crippen LogP contribution in [-0.4, -0.2) is 36.2 Å². The average Bonchev–Trinajstić information content (AvgIpc) is 2.75. The molecule has 0 spiro atoms. The lowest BCUT2D eigenvalue weighted by atomic mass is 9.80. The summed E-state index contributed by atoms with van der Waals surface area (Å²) in [6, 6.07) is 13.5. The Hall–Kier alpha value is -1.58. The number of hydrogen-bond acceptors (Lipinski definition) is 3. The Morgan fingerprint density at radius 2 is 1.68 bits per heavy atom. The third kappa shape index (κ3) is 2.11. The molecule has 0 saturated carbocycles. The molecule has 2 aromatic rings. The van der Waals surface area contributed by atoms with Crippen molar-refractivity contribution in [3.8, 4) is 5.75 Å². The molecule has 1 N–H and O–H groups in total. The molecule has 0 aromatic heterocycles. The van der Waals surface area contributed by atoms with Gasteiger partial charge in [0.1, 0.15) is 5.75 Å². The first-order valence-electron chi connectivity index (χ1n) is 8.12. The van der Waals surface area contributed by atoms with Crippen LogP contribution in [-0.2, 0) is 5.60 Å². The Labute approximate surface area is 131 Å². The van der Waals surface area contributed by atoms with Gasteiger partial charge in [0.05, 0.1) is 12.7 Å². The van der Waals surface area contributed by atoms with E-state index in [0.717, 1.165) is 34.9 Å².